The first-order valence-electron chi connectivity index (χ1n) is 6.84. The molecular weight excluding hydrogens is 288 g/mol. The summed E-state index contributed by atoms with van der Waals surface area (Å²) < 4.78 is 6.05. The fourth-order valence-electron chi connectivity index (χ4n) is 3.48. The number of carbonyl (C=O) groups is 2. The first-order chi connectivity index (χ1) is 10.0. The van der Waals surface area contributed by atoms with Crippen LogP contribution in [0.1, 0.15) is 25.5 Å². The van der Waals surface area contributed by atoms with E-state index in [1.54, 1.807) is 11.8 Å². The van der Waals surface area contributed by atoms with Gasteiger partial charge in [0.15, 0.2) is 5.17 Å². The number of hydrogen-bond acceptors (Lipinski definition) is 5. The van der Waals surface area contributed by atoms with E-state index in [0.29, 0.717) is 16.7 Å². The van der Waals surface area contributed by atoms with Gasteiger partial charge in [0, 0.05) is 5.56 Å². The Balaban J connectivity index is 1.99. The Morgan fingerprint density at radius 2 is 2.24 bits per heavy atom. The van der Waals surface area contributed by atoms with Crippen LogP contribution in [-0.4, -0.2) is 33.2 Å². The third-order valence-electron chi connectivity index (χ3n) is 4.28. The summed E-state index contributed by atoms with van der Waals surface area (Å²) in [6.45, 7) is 3.37. The SMILES string of the molecule is CC(=O)[C@H]1[C@@H]2c3ccccc3O[C@@]1(C)N=C1SCC(=O)N12. The second-order valence-electron chi connectivity index (χ2n) is 5.67. The molecule has 1 aromatic carbocycles. The summed E-state index contributed by atoms with van der Waals surface area (Å²) in [7, 11) is 0. The number of fused-ring (bicyclic) bond motifs is 6. The molecule has 3 heterocycles. The van der Waals surface area contributed by atoms with E-state index in [-0.39, 0.29) is 17.7 Å². The van der Waals surface area contributed by atoms with Crippen molar-refractivity contribution < 1.29 is 14.3 Å². The maximum atomic E-state index is 12.3. The molecule has 3 aliphatic heterocycles. The molecular formula is C15H14N2O3S. The molecule has 1 saturated heterocycles. The topological polar surface area (TPSA) is 59.0 Å². The summed E-state index contributed by atoms with van der Waals surface area (Å²) in [5.74, 6) is 0.602. The van der Waals surface area contributed by atoms with Crippen LogP contribution in [0.2, 0.25) is 0 Å². The number of amides is 1. The number of rotatable bonds is 1. The lowest BCUT2D eigenvalue weighted by Gasteiger charge is -2.49. The van der Waals surface area contributed by atoms with Gasteiger partial charge in [-0.25, -0.2) is 4.99 Å². The van der Waals surface area contributed by atoms with E-state index in [0.717, 1.165) is 5.56 Å². The number of hydrogen-bond donors (Lipinski definition) is 0. The summed E-state index contributed by atoms with van der Waals surface area (Å²) in [6.07, 6.45) is 0. The average Bonchev–Trinajstić information content (AvgIpc) is 2.77. The highest BCUT2D eigenvalue weighted by Crippen LogP contribution is 2.52. The molecule has 0 radical (unpaired) electrons. The van der Waals surface area contributed by atoms with Gasteiger partial charge < -0.3 is 4.74 Å². The molecule has 6 heteroatoms. The van der Waals surface area contributed by atoms with E-state index in [1.807, 2.05) is 31.2 Å². The smallest absolute Gasteiger partial charge is 0.239 e. The second kappa shape index (κ2) is 4.10. The number of aliphatic imine (C=N–C) groups is 1. The predicted molar refractivity (Wildman–Crippen MR) is 79.1 cm³/mol. The van der Waals surface area contributed by atoms with Crippen LogP contribution in [-0.2, 0) is 9.59 Å². The molecule has 3 aliphatic rings. The van der Waals surface area contributed by atoms with Crippen LogP contribution in [0.25, 0.3) is 0 Å². The minimum absolute atomic E-state index is 0.00810. The van der Waals surface area contributed by atoms with Crippen LogP contribution in [0.5, 0.6) is 5.75 Å². The number of ketones is 1. The molecule has 0 N–H and O–H groups in total. The summed E-state index contributed by atoms with van der Waals surface area (Å²) in [5.41, 5.74) is -0.0488. The fourth-order valence-corrected chi connectivity index (χ4v) is 4.47. The summed E-state index contributed by atoms with van der Waals surface area (Å²) >= 11 is 1.41. The van der Waals surface area contributed by atoms with Gasteiger partial charge in [-0.2, -0.15) is 0 Å². The second-order valence-corrected chi connectivity index (χ2v) is 6.62. The number of thioether (sulfide) groups is 1. The van der Waals surface area contributed by atoms with Gasteiger partial charge in [-0.15, -0.1) is 0 Å². The minimum atomic E-state index is -0.936. The van der Waals surface area contributed by atoms with Gasteiger partial charge in [-0.05, 0) is 19.9 Å². The lowest BCUT2D eigenvalue weighted by molar-refractivity contribution is -0.140. The normalized spacial score (nSPS) is 33.0. The molecule has 21 heavy (non-hydrogen) atoms. The summed E-state index contributed by atoms with van der Waals surface area (Å²) in [6, 6.07) is 7.27. The largest absolute Gasteiger partial charge is 0.465 e. The van der Waals surface area contributed by atoms with Gasteiger partial charge in [-0.3, -0.25) is 14.5 Å². The highest BCUT2D eigenvalue weighted by atomic mass is 32.2. The van der Waals surface area contributed by atoms with Gasteiger partial charge >= 0.3 is 0 Å². The van der Waals surface area contributed by atoms with Gasteiger partial charge in [0.2, 0.25) is 11.6 Å². The first kappa shape index (κ1) is 12.9. The standard InChI is InChI=1S/C15H14N2O3S/c1-8(18)12-13-9-5-3-4-6-10(9)20-15(12,2)16-14-17(13)11(19)7-21-14/h3-6,12-13H,7H2,1-2H3/t12-,13-,15+/m0/s1. The Morgan fingerprint density at radius 1 is 1.48 bits per heavy atom. The molecule has 2 bridgehead atoms. The molecule has 0 unspecified atom stereocenters. The van der Waals surface area contributed by atoms with Crippen LogP contribution in [0.4, 0.5) is 0 Å². The van der Waals surface area contributed by atoms with E-state index in [9.17, 15) is 9.59 Å². The van der Waals surface area contributed by atoms with E-state index < -0.39 is 11.6 Å². The van der Waals surface area contributed by atoms with Crippen LogP contribution in [0, 0.1) is 5.92 Å². The van der Waals surface area contributed by atoms with Crippen LogP contribution < -0.4 is 4.74 Å². The predicted octanol–water partition coefficient (Wildman–Crippen LogP) is 1.99. The zero-order chi connectivity index (χ0) is 14.8. The number of benzene rings is 1. The fraction of sp³-hybridized carbons (Fsp3) is 0.400. The van der Waals surface area contributed by atoms with Gasteiger partial charge in [0.25, 0.3) is 0 Å². The van der Waals surface area contributed by atoms with Crippen molar-refractivity contribution in [1.29, 1.82) is 0 Å². The van der Waals surface area contributed by atoms with Crippen molar-refractivity contribution in [1.82, 2.24) is 4.90 Å². The highest BCUT2D eigenvalue weighted by molar-refractivity contribution is 8.15. The quantitative estimate of drug-likeness (QED) is 0.796. The van der Waals surface area contributed by atoms with Gasteiger partial charge in [-0.1, -0.05) is 30.0 Å². The first-order valence-corrected chi connectivity index (χ1v) is 7.83. The number of Topliss-reactive ketones (excluding diaryl/α,β-unsaturated/α-hetero) is 1. The van der Waals surface area contributed by atoms with E-state index in [1.165, 1.54) is 11.8 Å². The number of ether oxygens (including phenoxy) is 1. The van der Waals surface area contributed by atoms with Crippen molar-refractivity contribution >= 4 is 28.6 Å². The molecule has 5 nitrogen and oxygen atoms in total. The third-order valence-corrected chi connectivity index (χ3v) is 5.22. The van der Waals surface area contributed by atoms with Gasteiger partial charge in [0.05, 0.1) is 11.8 Å². The number of amidine groups is 1. The van der Waals surface area contributed by atoms with Crippen LogP contribution >= 0.6 is 11.8 Å². The van der Waals surface area contributed by atoms with Crippen molar-refractivity contribution in [2.45, 2.75) is 25.6 Å². The maximum absolute atomic E-state index is 12.3. The Morgan fingerprint density at radius 3 is 3.00 bits per heavy atom. The zero-order valence-electron chi connectivity index (χ0n) is 11.7. The molecule has 0 saturated carbocycles. The molecule has 0 aromatic heterocycles. The third kappa shape index (κ3) is 1.62. The summed E-state index contributed by atoms with van der Waals surface area (Å²) in [5, 5.41) is 0.666. The summed E-state index contributed by atoms with van der Waals surface area (Å²) in [4.78, 5) is 30.8. The Hall–Kier alpha value is -1.82. The van der Waals surface area contributed by atoms with Crippen molar-refractivity contribution in [2.75, 3.05) is 5.75 Å². The van der Waals surface area contributed by atoms with Crippen LogP contribution in [0.3, 0.4) is 0 Å². The zero-order valence-corrected chi connectivity index (χ0v) is 12.5. The Kier molecular flexibility index (Phi) is 2.52. The van der Waals surface area contributed by atoms with Crippen LogP contribution in [0.15, 0.2) is 29.3 Å². The van der Waals surface area contributed by atoms with E-state index in [4.69, 9.17) is 4.74 Å². The molecule has 1 amide bonds. The lowest BCUT2D eigenvalue weighted by atomic mass is 9.78. The number of para-hydroxylation sites is 1. The highest BCUT2D eigenvalue weighted by Gasteiger charge is 2.58. The van der Waals surface area contributed by atoms with Crippen molar-refractivity contribution in [3.8, 4) is 5.75 Å². The minimum Gasteiger partial charge on any atom is -0.465 e. The van der Waals surface area contributed by atoms with E-state index in [2.05, 4.69) is 4.99 Å². The molecule has 3 atom stereocenters. The Bertz CT molecular complexity index is 702. The van der Waals surface area contributed by atoms with Crippen molar-refractivity contribution in [2.24, 2.45) is 10.9 Å². The molecule has 108 valence electrons. The number of nitrogens with zero attached hydrogens (tertiary/aromatic N) is 2. The maximum Gasteiger partial charge on any atom is 0.239 e. The molecule has 1 fully saturated rings. The van der Waals surface area contributed by atoms with Crippen molar-refractivity contribution in [3.05, 3.63) is 29.8 Å². The Labute approximate surface area is 126 Å². The monoisotopic (exact) mass is 302 g/mol. The number of carbonyl (C=O) groups excluding carboxylic acids is 2. The molecule has 1 aromatic rings. The average molecular weight is 302 g/mol. The molecule has 0 aliphatic carbocycles. The lowest BCUT2D eigenvalue weighted by Crippen LogP contribution is -2.58. The van der Waals surface area contributed by atoms with Gasteiger partial charge in [0.1, 0.15) is 17.5 Å². The van der Waals surface area contributed by atoms with E-state index >= 15 is 0 Å². The molecule has 0 spiro atoms. The molecule has 4 rings (SSSR count). The van der Waals surface area contributed by atoms with Crippen molar-refractivity contribution in [3.63, 3.8) is 0 Å².